The molecule has 0 fully saturated rings. The molecular weight excluding hydrogens is 386 g/mol. The van der Waals surface area contributed by atoms with Crippen molar-refractivity contribution in [2.45, 2.75) is 27.3 Å². The summed E-state index contributed by atoms with van der Waals surface area (Å²) in [5.74, 6) is -0.221. The van der Waals surface area contributed by atoms with Crippen molar-refractivity contribution in [2.24, 2.45) is 5.41 Å². The maximum absolute atomic E-state index is 13.0. The predicted molar refractivity (Wildman–Crippen MR) is 115 cm³/mol. The van der Waals surface area contributed by atoms with Crippen LogP contribution >= 0.6 is 11.6 Å². The van der Waals surface area contributed by atoms with Crippen LogP contribution in [0.1, 0.15) is 41.0 Å². The molecule has 29 heavy (non-hydrogen) atoms. The second kappa shape index (κ2) is 8.28. The summed E-state index contributed by atoms with van der Waals surface area (Å²) >= 11 is 6.18. The van der Waals surface area contributed by atoms with Gasteiger partial charge in [0.2, 0.25) is 0 Å². The lowest BCUT2D eigenvalue weighted by Gasteiger charge is -2.22. The summed E-state index contributed by atoms with van der Waals surface area (Å²) in [5.41, 5.74) is 3.60. The third-order valence-electron chi connectivity index (χ3n) is 5.06. The van der Waals surface area contributed by atoms with Crippen LogP contribution in [-0.2, 0) is 6.54 Å². The van der Waals surface area contributed by atoms with E-state index in [1.54, 1.807) is 18.2 Å². The van der Waals surface area contributed by atoms with Gasteiger partial charge in [-0.3, -0.25) is 4.79 Å². The minimum atomic E-state index is -0.413. The molecular formula is C23H24ClN3O2. The molecule has 2 aromatic carbocycles. The molecule has 0 spiro atoms. The number of benzene rings is 2. The number of carbonyl (C=O) groups is 1. The molecule has 3 aromatic rings. The Morgan fingerprint density at radius 3 is 2.69 bits per heavy atom. The highest BCUT2D eigenvalue weighted by molar-refractivity contribution is 6.30. The van der Waals surface area contributed by atoms with Gasteiger partial charge in [0.05, 0.1) is 11.6 Å². The number of nitriles is 1. The number of nitrogens with one attached hydrogen (secondary N) is 1. The number of aromatic nitrogens is 1. The summed E-state index contributed by atoms with van der Waals surface area (Å²) in [7, 11) is 0. The summed E-state index contributed by atoms with van der Waals surface area (Å²) in [4.78, 5) is 13.0. The number of aliphatic hydroxyl groups excluding tert-OH is 1. The van der Waals surface area contributed by atoms with E-state index in [4.69, 9.17) is 11.6 Å². The van der Waals surface area contributed by atoms with Crippen LogP contribution in [0.5, 0.6) is 0 Å². The first-order valence-electron chi connectivity index (χ1n) is 9.41. The Balaban J connectivity index is 2.05. The van der Waals surface area contributed by atoms with Crippen LogP contribution in [0.2, 0.25) is 5.02 Å². The number of rotatable bonds is 6. The normalized spacial score (nSPS) is 11.4. The van der Waals surface area contributed by atoms with Crippen molar-refractivity contribution in [3.63, 3.8) is 0 Å². The second-order valence-corrected chi connectivity index (χ2v) is 8.51. The number of nitrogens with zero attached hydrogens (tertiary/aromatic N) is 2. The molecule has 0 radical (unpaired) electrons. The number of aryl methyl sites for hydroxylation is 1. The van der Waals surface area contributed by atoms with E-state index in [1.807, 2.05) is 49.6 Å². The van der Waals surface area contributed by atoms with Crippen LogP contribution in [0.15, 0.2) is 42.5 Å². The van der Waals surface area contributed by atoms with E-state index in [9.17, 15) is 15.2 Å². The molecule has 150 valence electrons. The van der Waals surface area contributed by atoms with Gasteiger partial charge in [-0.25, -0.2) is 0 Å². The number of hydrogen-bond donors (Lipinski definition) is 2. The molecule has 1 amide bonds. The fourth-order valence-electron chi connectivity index (χ4n) is 3.15. The first kappa shape index (κ1) is 20.9. The zero-order chi connectivity index (χ0) is 21.2. The second-order valence-electron chi connectivity index (χ2n) is 8.08. The van der Waals surface area contributed by atoms with Crippen molar-refractivity contribution in [3.05, 3.63) is 69.9 Å². The number of amides is 1. The van der Waals surface area contributed by atoms with Gasteiger partial charge in [-0.1, -0.05) is 31.5 Å². The number of fused-ring (bicyclic) bond motifs is 1. The number of halogens is 1. The molecule has 1 aromatic heterocycles. The number of hydrogen-bond acceptors (Lipinski definition) is 3. The highest BCUT2D eigenvalue weighted by atomic mass is 35.5. The monoisotopic (exact) mass is 409 g/mol. The molecule has 0 saturated carbocycles. The Morgan fingerprint density at radius 1 is 1.24 bits per heavy atom. The summed E-state index contributed by atoms with van der Waals surface area (Å²) in [6, 6.07) is 15.1. The molecule has 3 rings (SSSR count). The van der Waals surface area contributed by atoms with Crippen molar-refractivity contribution < 1.29 is 9.90 Å². The van der Waals surface area contributed by atoms with Crippen LogP contribution in [0, 0.1) is 23.7 Å². The fraction of sp³-hybridized carbons (Fsp3) is 0.304. The number of carbonyl (C=O) groups excluding carboxylic acids is 1. The molecule has 0 aliphatic heterocycles. The van der Waals surface area contributed by atoms with Gasteiger partial charge in [-0.2, -0.15) is 5.26 Å². The van der Waals surface area contributed by atoms with Crippen molar-refractivity contribution in [1.82, 2.24) is 9.88 Å². The molecule has 5 nitrogen and oxygen atoms in total. The van der Waals surface area contributed by atoms with Crippen molar-refractivity contribution >= 4 is 28.4 Å². The van der Waals surface area contributed by atoms with Gasteiger partial charge in [0, 0.05) is 41.0 Å². The van der Waals surface area contributed by atoms with E-state index in [-0.39, 0.29) is 12.5 Å². The fourth-order valence-corrected chi connectivity index (χ4v) is 3.34. The first-order valence-corrected chi connectivity index (χ1v) is 9.79. The summed E-state index contributed by atoms with van der Waals surface area (Å²) < 4.78 is 1.94. The van der Waals surface area contributed by atoms with Gasteiger partial charge in [-0.05, 0) is 54.4 Å². The molecule has 0 aliphatic carbocycles. The average molecular weight is 410 g/mol. The standard InChI is InChI=1S/C23H24ClN3O2/c1-15-4-6-19(24)9-18(15)12-27-20-7-5-16(11-25)8-17(20)10-21(27)22(29)26-13-23(2,3)14-28/h4-10,28H,12-14H2,1-3H3,(H,26,29). The third-order valence-corrected chi connectivity index (χ3v) is 5.29. The molecule has 1 heterocycles. The van der Waals surface area contributed by atoms with Crippen molar-refractivity contribution in [1.29, 1.82) is 5.26 Å². The highest BCUT2D eigenvalue weighted by Gasteiger charge is 2.21. The first-order chi connectivity index (χ1) is 13.7. The molecule has 0 bridgehead atoms. The van der Waals surface area contributed by atoms with Gasteiger partial charge in [0.1, 0.15) is 5.69 Å². The molecule has 0 unspecified atom stereocenters. The molecule has 0 aliphatic rings. The van der Waals surface area contributed by atoms with Gasteiger partial charge in [0.25, 0.3) is 5.91 Å². The van der Waals surface area contributed by atoms with Gasteiger partial charge < -0.3 is 15.0 Å². The van der Waals surface area contributed by atoms with Crippen molar-refractivity contribution in [2.75, 3.05) is 13.2 Å². The van der Waals surface area contributed by atoms with Gasteiger partial charge in [0.15, 0.2) is 0 Å². The Kier molecular flexibility index (Phi) is 5.97. The molecule has 0 atom stereocenters. The predicted octanol–water partition coefficient (Wildman–Crippen LogP) is 4.27. The Labute approximate surface area is 175 Å². The van der Waals surface area contributed by atoms with Gasteiger partial charge >= 0.3 is 0 Å². The molecule has 0 saturated heterocycles. The average Bonchev–Trinajstić information content (AvgIpc) is 3.06. The minimum absolute atomic E-state index is 0.0243. The molecule has 6 heteroatoms. The number of aliphatic hydroxyl groups is 1. The summed E-state index contributed by atoms with van der Waals surface area (Å²) in [5, 5.41) is 23.1. The van der Waals surface area contributed by atoms with Crippen LogP contribution in [0.25, 0.3) is 10.9 Å². The van der Waals surface area contributed by atoms with E-state index < -0.39 is 5.41 Å². The Bertz CT molecular complexity index is 1110. The van der Waals surface area contributed by atoms with Crippen LogP contribution < -0.4 is 5.32 Å². The van der Waals surface area contributed by atoms with Crippen LogP contribution in [0.4, 0.5) is 0 Å². The van der Waals surface area contributed by atoms with E-state index in [0.717, 1.165) is 22.0 Å². The van der Waals surface area contributed by atoms with Crippen LogP contribution in [-0.4, -0.2) is 28.7 Å². The zero-order valence-electron chi connectivity index (χ0n) is 16.8. The maximum atomic E-state index is 13.0. The third kappa shape index (κ3) is 4.61. The Hall–Kier alpha value is -2.81. The Morgan fingerprint density at radius 2 is 2.00 bits per heavy atom. The van der Waals surface area contributed by atoms with E-state index >= 15 is 0 Å². The van der Waals surface area contributed by atoms with E-state index in [0.29, 0.717) is 29.4 Å². The quantitative estimate of drug-likeness (QED) is 0.638. The van der Waals surface area contributed by atoms with Crippen molar-refractivity contribution in [3.8, 4) is 6.07 Å². The SMILES string of the molecule is Cc1ccc(Cl)cc1Cn1c(C(=O)NCC(C)(C)CO)cc2cc(C#N)ccc21. The van der Waals surface area contributed by atoms with Gasteiger partial charge in [-0.15, -0.1) is 0 Å². The van der Waals surface area contributed by atoms with E-state index in [1.165, 1.54) is 0 Å². The minimum Gasteiger partial charge on any atom is -0.396 e. The largest absolute Gasteiger partial charge is 0.396 e. The smallest absolute Gasteiger partial charge is 0.267 e. The van der Waals surface area contributed by atoms with E-state index in [2.05, 4.69) is 11.4 Å². The lowest BCUT2D eigenvalue weighted by molar-refractivity contribution is 0.0903. The summed E-state index contributed by atoms with van der Waals surface area (Å²) in [6.45, 7) is 6.59. The maximum Gasteiger partial charge on any atom is 0.267 e. The zero-order valence-corrected chi connectivity index (χ0v) is 17.5. The molecule has 2 N–H and O–H groups in total. The summed E-state index contributed by atoms with van der Waals surface area (Å²) in [6.07, 6.45) is 0. The topological polar surface area (TPSA) is 78.1 Å². The lowest BCUT2D eigenvalue weighted by atomic mass is 9.95. The van der Waals surface area contributed by atoms with Crippen LogP contribution in [0.3, 0.4) is 0 Å². The highest BCUT2D eigenvalue weighted by Crippen LogP contribution is 2.25. The lowest BCUT2D eigenvalue weighted by Crippen LogP contribution is -2.36.